The second-order valence-corrected chi connectivity index (χ2v) is 8.48. The quantitative estimate of drug-likeness (QED) is 0.183. The first kappa shape index (κ1) is 27.9. The van der Waals surface area contributed by atoms with Gasteiger partial charge in [0.2, 0.25) is 0 Å². The zero-order valence-corrected chi connectivity index (χ0v) is 18.4. The highest BCUT2D eigenvalue weighted by molar-refractivity contribution is 5.69. The number of carboxylic acid groups (broad SMARTS) is 1. The Balaban J connectivity index is 0. The van der Waals surface area contributed by atoms with E-state index in [-0.39, 0.29) is 5.97 Å². The van der Waals surface area contributed by atoms with E-state index in [4.69, 9.17) is 14.6 Å². The van der Waals surface area contributed by atoms with Crippen molar-refractivity contribution in [3.8, 4) is 0 Å². The second-order valence-electron chi connectivity index (χ2n) is 8.48. The van der Waals surface area contributed by atoms with Gasteiger partial charge in [-0.25, -0.2) is 0 Å². The van der Waals surface area contributed by atoms with Crippen molar-refractivity contribution in [1.29, 1.82) is 0 Å². The summed E-state index contributed by atoms with van der Waals surface area (Å²) in [4.78, 5) is 20.1. The molecule has 0 aromatic carbocycles. The van der Waals surface area contributed by atoms with Crippen molar-refractivity contribution in [2.45, 2.75) is 118 Å². The van der Waals surface area contributed by atoms with Crippen LogP contribution in [-0.2, 0) is 14.3 Å². The van der Waals surface area contributed by atoms with E-state index in [1.165, 1.54) is 76.9 Å². The molecule has 0 aliphatic rings. The zero-order valence-electron chi connectivity index (χ0n) is 18.4. The number of hydrogen-bond acceptors (Lipinski definition) is 3. The van der Waals surface area contributed by atoms with Gasteiger partial charge in [-0.05, 0) is 18.3 Å². The molecule has 0 aliphatic heterocycles. The van der Waals surface area contributed by atoms with Gasteiger partial charge in [-0.1, -0.05) is 98.0 Å². The average Bonchev–Trinajstić information content (AvgIpc) is 2.54. The summed E-state index contributed by atoms with van der Waals surface area (Å²) in [6.07, 6.45) is 18.9. The first-order valence-corrected chi connectivity index (χ1v) is 10.7. The van der Waals surface area contributed by atoms with E-state index < -0.39 is 5.97 Å². The van der Waals surface area contributed by atoms with Crippen molar-refractivity contribution in [2.24, 2.45) is 5.41 Å². The topological polar surface area (TPSA) is 63.6 Å². The Kier molecular flexibility index (Phi) is 20.1. The van der Waals surface area contributed by atoms with Crippen LogP contribution in [0.4, 0.5) is 0 Å². The fourth-order valence-electron chi connectivity index (χ4n) is 2.84. The molecule has 0 fully saturated rings. The van der Waals surface area contributed by atoms with E-state index in [1.54, 1.807) is 0 Å². The van der Waals surface area contributed by atoms with Gasteiger partial charge < -0.3 is 9.84 Å². The molecule has 0 radical (unpaired) electrons. The summed E-state index contributed by atoms with van der Waals surface area (Å²) in [6.45, 7) is 11.5. The minimum Gasteiger partial charge on any atom is -0.481 e. The van der Waals surface area contributed by atoms with Crippen LogP contribution in [0.1, 0.15) is 118 Å². The smallest absolute Gasteiger partial charge is 0.310 e. The first-order valence-electron chi connectivity index (χ1n) is 10.7. The number of ether oxygens (including phenoxy) is 1. The van der Waals surface area contributed by atoms with Crippen LogP contribution in [0.5, 0.6) is 0 Å². The van der Waals surface area contributed by atoms with E-state index in [2.05, 4.69) is 27.4 Å². The Morgan fingerprint density at radius 2 is 1.15 bits per heavy atom. The number of carbonyl (C=O) groups excluding carboxylic acids is 1. The lowest BCUT2D eigenvalue weighted by atomic mass is 9.89. The molecule has 0 spiro atoms. The summed E-state index contributed by atoms with van der Waals surface area (Å²) in [6, 6.07) is 0. The molecule has 0 amide bonds. The van der Waals surface area contributed by atoms with Gasteiger partial charge in [0.25, 0.3) is 5.97 Å². The van der Waals surface area contributed by atoms with Crippen molar-refractivity contribution in [3.05, 3.63) is 12.8 Å². The third kappa shape index (κ3) is 32.8. The fourth-order valence-corrected chi connectivity index (χ4v) is 2.84. The number of rotatable bonds is 15. The highest BCUT2D eigenvalue weighted by atomic mass is 16.5. The maximum Gasteiger partial charge on any atom is 0.310 e. The lowest BCUT2D eigenvalue weighted by Gasteiger charge is -2.17. The van der Waals surface area contributed by atoms with Crippen molar-refractivity contribution in [2.75, 3.05) is 0 Å². The normalized spacial score (nSPS) is 10.7. The first-order chi connectivity index (χ1) is 12.7. The van der Waals surface area contributed by atoms with Crippen LogP contribution in [0, 0.1) is 5.41 Å². The molecule has 0 saturated carbocycles. The molecule has 0 atom stereocenters. The molecular weight excluding hydrogens is 340 g/mol. The second kappa shape index (κ2) is 19.4. The van der Waals surface area contributed by atoms with Crippen molar-refractivity contribution in [1.82, 2.24) is 0 Å². The van der Waals surface area contributed by atoms with E-state index in [0.29, 0.717) is 11.8 Å². The van der Waals surface area contributed by atoms with Crippen LogP contribution < -0.4 is 0 Å². The van der Waals surface area contributed by atoms with Gasteiger partial charge in [0.15, 0.2) is 0 Å². The molecule has 0 unspecified atom stereocenters. The number of hydrogen-bond donors (Lipinski definition) is 1. The average molecular weight is 385 g/mol. The number of unbranched alkanes of at least 4 members (excludes halogenated alkanes) is 11. The Labute approximate surface area is 167 Å². The molecule has 0 aliphatic carbocycles. The van der Waals surface area contributed by atoms with Crippen LogP contribution in [0.3, 0.4) is 0 Å². The summed E-state index contributed by atoms with van der Waals surface area (Å²) in [5.41, 5.74) is 0.506. The monoisotopic (exact) mass is 384 g/mol. The van der Waals surface area contributed by atoms with Crippen molar-refractivity contribution >= 4 is 11.9 Å². The molecule has 160 valence electrons. The van der Waals surface area contributed by atoms with Gasteiger partial charge in [-0.2, -0.15) is 0 Å². The summed E-state index contributed by atoms with van der Waals surface area (Å²) in [5, 5.41) is 7.42. The largest absolute Gasteiger partial charge is 0.481 e. The molecule has 0 aromatic rings. The summed E-state index contributed by atoms with van der Waals surface area (Å²) in [5.74, 6) is -0.984. The Morgan fingerprint density at radius 1 is 0.815 bits per heavy atom. The Morgan fingerprint density at radius 3 is 1.48 bits per heavy atom. The van der Waals surface area contributed by atoms with Gasteiger partial charge in [0, 0.05) is 13.3 Å². The van der Waals surface area contributed by atoms with Crippen LogP contribution in [0.15, 0.2) is 12.8 Å². The maximum absolute atomic E-state index is 11.1. The SMILES string of the molecule is C=COC(=O)CCCCCCCCCCCCCCC(C)(C)C.CC(=O)O. The molecule has 1 N–H and O–H groups in total. The molecule has 0 aromatic heterocycles. The highest BCUT2D eigenvalue weighted by Gasteiger charge is 2.08. The molecule has 0 rings (SSSR count). The number of carbonyl (C=O) groups is 2. The van der Waals surface area contributed by atoms with E-state index in [9.17, 15) is 4.79 Å². The summed E-state index contributed by atoms with van der Waals surface area (Å²) < 4.78 is 4.69. The number of aliphatic carboxylic acids is 1. The molecule has 0 heterocycles. The van der Waals surface area contributed by atoms with Crippen molar-refractivity contribution < 1.29 is 19.4 Å². The number of esters is 1. The van der Waals surface area contributed by atoms with E-state index in [0.717, 1.165) is 19.8 Å². The van der Waals surface area contributed by atoms with Crippen molar-refractivity contribution in [3.63, 3.8) is 0 Å². The molecule has 0 saturated heterocycles. The predicted molar refractivity (Wildman–Crippen MR) is 114 cm³/mol. The maximum atomic E-state index is 11.1. The molecule has 0 bridgehead atoms. The lowest BCUT2D eigenvalue weighted by molar-refractivity contribution is -0.138. The van der Waals surface area contributed by atoms with Gasteiger partial charge in [-0.3, -0.25) is 9.59 Å². The number of carboxylic acids is 1. The van der Waals surface area contributed by atoms with Gasteiger partial charge in [0.1, 0.15) is 0 Å². The van der Waals surface area contributed by atoms with E-state index >= 15 is 0 Å². The summed E-state index contributed by atoms with van der Waals surface area (Å²) in [7, 11) is 0. The Bertz CT molecular complexity index is 365. The lowest BCUT2D eigenvalue weighted by Crippen LogP contribution is -2.03. The van der Waals surface area contributed by atoms with Crippen LogP contribution in [0.25, 0.3) is 0 Å². The molecular formula is C23H44O4. The van der Waals surface area contributed by atoms with Gasteiger partial charge in [-0.15, -0.1) is 0 Å². The van der Waals surface area contributed by atoms with Gasteiger partial charge in [0.05, 0.1) is 6.26 Å². The van der Waals surface area contributed by atoms with E-state index in [1.807, 2.05) is 0 Å². The molecule has 27 heavy (non-hydrogen) atoms. The Hall–Kier alpha value is -1.32. The zero-order chi connectivity index (χ0) is 21.0. The van der Waals surface area contributed by atoms with Crippen LogP contribution in [-0.4, -0.2) is 17.0 Å². The van der Waals surface area contributed by atoms with Crippen LogP contribution >= 0.6 is 0 Å². The fraction of sp³-hybridized carbons (Fsp3) is 0.826. The molecule has 4 nitrogen and oxygen atoms in total. The third-order valence-electron chi connectivity index (χ3n) is 4.27. The third-order valence-corrected chi connectivity index (χ3v) is 4.27. The van der Waals surface area contributed by atoms with Gasteiger partial charge >= 0.3 is 5.97 Å². The minimum atomic E-state index is -0.833. The predicted octanol–water partition coefficient (Wildman–Crippen LogP) is 7.27. The minimum absolute atomic E-state index is 0.150. The van der Waals surface area contributed by atoms with Crippen LogP contribution in [0.2, 0.25) is 0 Å². The highest BCUT2D eigenvalue weighted by Crippen LogP contribution is 2.22. The molecule has 4 heteroatoms. The standard InChI is InChI=1S/C21H40O2.C2H4O2/c1-5-23-20(22)18-16-14-12-10-8-6-7-9-11-13-15-17-19-21(2,3)4;1-2(3)4/h5H,1,6-19H2,2-4H3;1H3,(H,3,4). The summed E-state index contributed by atoms with van der Waals surface area (Å²) >= 11 is 0.